The van der Waals surface area contributed by atoms with Crippen molar-refractivity contribution in [3.8, 4) is 0 Å². The molecule has 1 heterocycles. The van der Waals surface area contributed by atoms with Crippen molar-refractivity contribution in [1.29, 1.82) is 0 Å². The molecule has 0 N–H and O–H groups in total. The molecule has 156 valence electrons. The number of sulfone groups is 1. The number of carbonyl (C=O) groups excluding carboxylic acids is 1. The van der Waals surface area contributed by atoms with Crippen LogP contribution in [0.25, 0.3) is 0 Å². The fourth-order valence-corrected chi connectivity index (χ4v) is 5.70. The molecule has 0 bridgehead atoms. The summed E-state index contributed by atoms with van der Waals surface area (Å²) in [4.78, 5) is 15.0. The van der Waals surface area contributed by atoms with E-state index in [0.29, 0.717) is 22.0 Å². The molecule has 2 aromatic rings. The third-order valence-electron chi connectivity index (χ3n) is 5.26. The van der Waals surface area contributed by atoms with Crippen LogP contribution in [-0.4, -0.2) is 36.8 Å². The van der Waals surface area contributed by atoms with Crippen LogP contribution in [0.15, 0.2) is 42.5 Å². The Balaban J connectivity index is 1.92. The molecule has 0 radical (unpaired) electrons. The van der Waals surface area contributed by atoms with Gasteiger partial charge in [-0.25, -0.2) is 8.42 Å². The Morgan fingerprint density at radius 2 is 1.76 bits per heavy atom. The van der Waals surface area contributed by atoms with Gasteiger partial charge in [0.2, 0.25) is 0 Å². The van der Waals surface area contributed by atoms with Crippen LogP contribution in [0.2, 0.25) is 10.0 Å². The normalized spacial score (nSPS) is 18.6. The van der Waals surface area contributed by atoms with Crippen LogP contribution in [0.3, 0.4) is 0 Å². The lowest BCUT2D eigenvalue weighted by Gasteiger charge is -2.29. The summed E-state index contributed by atoms with van der Waals surface area (Å²) >= 11 is 12.3. The van der Waals surface area contributed by atoms with E-state index < -0.39 is 9.84 Å². The Morgan fingerprint density at radius 1 is 1.10 bits per heavy atom. The highest BCUT2D eigenvalue weighted by atomic mass is 35.5. The number of nitrogens with zero attached hydrogens (tertiary/aromatic N) is 1. The summed E-state index contributed by atoms with van der Waals surface area (Å²) in [6.45, 7) is 6.57. The number of halogens is 2. The standard InChI is InChI=1S/C22H25Cl2NO3S/c1-22(2,3)17-7-4-15(5-8-17)21(26)25(19-10-11-29(27,28)14-19)13-16-6-9-18(23)12-20(16)24/h4-9,12,19H,10-11,13-14H2,1-3H3/t19-/m0/s1. The van der Waals surface area contributed by atoms with Crippen molar-refractivity contribution in [2.45, 2.75) is 45.2 Å². The highest BCUT2D eigenvalue weighted by Crippen LogP contribution is 2.28. The lowest BCUT2D eigenvalue weighted by molar-refractivity contribution is 0.0681. The van der Waals surface area contributed by atoms with Crippen LogP contribution >= 0.6 is 23.2 Å². The molecule has 4 nitrogen and oxygen atoms in total. The summed E-state index contributed by atoms with van der Waals surface area (Å²) in [5.74, 6) is -0.124. The average Bonchev–Trinajstić information content (AvgIpc) is 2.99. The molecule has 29 heavy (non-hydrogen) atoms. The van der Waals surface area contributed by atoms with Gasteiger partial charge in [0.15, 0.2) is 9.84 Å². The highest BCUT2D eigenvalue weighted by Gasteiger charge is 2.35. The van der Waals surface area contributed by atoms with Gasteiger partial charge in [-0.1, -0.05) is 62.2 Å². The quantitative estimate of drug-likeness (QED) is 0.645. The van der Waals surface area contributed by atoms with Crippen molar-refractivity contribution in [2.24, 2.45) is 0 Å². The van der Waals surface area contributed by atoms with Crippen molar-refractivity contribution in [1.82, 2.24) is 4.90 Å². The van der Waals surface area contributed by atoms with Gasteiger partial charge >= 0.3 is 0 Å². The van der Waals surface area contributed by atoms with Gasteiger partial charge in [0, 0.05) is 28.2 Å². The van der Waals surface area contributed by atoms with Gasteiger partial charge in [-0.15, -0.1) is 0 Å². The molecule has 0 aromatic heterocycles. The molecule has 0 spiro atoms. The minimum absolute atomic E-state index is 0.0162. The summed E-state index contributed by atoms with van der Waals surface area (Å²) < 4.78 is 24.1. The molecular formula is C22H25Cl2NO3S. The number of carbonyl (C=O) groups is 1. The average molecular weight is 454 g/mol. The zero-order valence-electron chi connectivity index (χ0n) is 16.8. The van der Waals surface area contributed by atoms with Crippen LogP contribution in [-0.2, 0) is 21.8 Å². The van der Waals surface area contributed by atoms with E-state index in [2.05, 4.69) is 20.8 Å². The number of rotatable bonds is 4. The fraction of sp³-hybridized carbons (Fsp3) is 0.409. The third kappa shape index (κ3) is 5.33. The van der Waals surface area contributed by atoms with Crippen molar-refractivity contribution in [3.05, 3.63) is 69.2 Å². The molecule has 1 amide bonds. The fourth-order valence-electron chi connectivity index (χ4n) is 3.50. The van der Waals surface area contributed by atoms with Gasteiger partial charge in [0.05, 0.1) is 11.5 Å². The molecule has 1 aliphatic heterocycles. The second kappa shape index (κ2) is 8.29. The van der Waals surface area contributed by atoms with E-state index in [1.54, 1.807) is 23.1 Å². The molecule has 0 aliphatic carbocycles. The molecule has 1 aliphatic rings. The van der Waals surface area contributed by atoms with Crippen LogP contribution in [0, 0.1) is 0 Å². The van der Waals surface area contributed by atoms with Gasteiger partial charge in [-0.2, -0.15) is 0 Å². The van der Waals surface area contributed by atoms with Gasteiger partial charge < -0.3 is 4.90 Å². The van der Waals surface area contributed by atoms with E-state index in [0.717, 1.165) is 11.1 Å². The predicted molar refractivity (Wildman–Crippen MR) is 119 cm³/mol. The van der Waals surface area contributed by atoms with Crippen LogP contribution in [0.5, 0.6) is 0 Å². The summed E-state index contributed by atoms with van der Waals surface area (Å²) in [5, 5.41) is 0.970. The monoisotopic (exact) mass is 453 g/mol. The predicted octanol–water partition coefficient (Wildman–Crippen LogP) is 5.12. The maximum absolute atomic E-state index is 13.3. The first-order valence-corrected chi connectivity index (χ1v) is 12.1. The van der Waals surface area contributed by atoms with Gasteiger partial charge in [-0.05, 0) is 47.2 Å². The van der Waals surface area contributed by atoms with Gasteiger partial charge in [0.25, 0.3) is 5.91 Å². The number of hydrogen-bond acceptors (Lipinski definition) is 3. The highest BCUT2D eigenvalue weighted by molar-refractivity contribution is 7.91. The molecule has 7 heteroatoms. The molecule has 1 fully saturated rings. The Labute approximate surface area is 182 Å². The Kier molecular flexibility index (Phi) is 6.32. The molecule has 2 aromatic carbocycles. The Hall–Kier alpha value is -1.56. The molecule has 0 unspecified atom stereocenters. The largest absolute Gasteiger partial charge is 0.330 e. The number of hydrogen-bond donors (Lipinski definition) is 0. The van der Waals surface area contributed by atoms with Gasteiger partial charge in [0.1, 0.15) is 0 Å². The first-order chi connectivity index (χ1) is 13.5. The topological polar surface area (TPSA) is 54.5 Å². The molecule has 1 atom stereocenters. The lowest BCUT2D eigenvalue weighted by Crippen LogP contribution is -2.40. The first-order valence-electron chi connectivity index (χ1n) is 9.52. The van der Waals surface area contributed by atoms with Crippen LogP contribution < -0.4 is 0 Å². The number of amides is 1. The van der Waals surface area contributed by atoms with Crippen molar-refractivity contribution >= 4 is 38.9 Å². The number of benzene rings is 2. The van der Waals surface area contributed by atoms with Gasteiger partial charge in [-0.3, -0.25) is 4.79 Å². The minimum atomic E-state index is -3.14. The van der Waals surface area contributed by atoms with E-state index >= 15 is 0 Å². The van der Waals surface area contributed by atoms with Crippen molar-refractivity contribution in [3.63, 3.8) is 0 Å². The summed E-state index contributed by atoms with van der Waals surface area (Å²) in [6, 6.07) is 12.3. The van der Waals surface area contributed by atoms with Crippen LogP contribution in [0.4, 0.5) is 0 Å². The van der Waals surface area contributed by atoms with Crippen LogP contribution in [0.1, 0.15) is 48.7 Å². The zero-order chi connectivity index (χ0) is 21.4. The third-order valence-corrected chi connectivity index (χ3v) is 7.60. The molecule has 0 saturated carbocycles. The van der Waals surface area contributed by atoms with E-state index in [1.165, 1.54) is 0 Å². The van der Waals surface area contributed by atoms with Crippen molar-refractivity contribution in [2.75, 3.05) is 11.5 Å². The summed E-state index contributed by atoms with van der Waals surface area (Å²) in [6.07, 6.45) is 0.430. The molecule has 1 saturated heterocycles. The Morgan fingerprint density at radius 3 is 2.28 bits per heavy atom. The SMILES string of the molecule is CC(C)(C)c1ccc(C(=O)N(Cc2ccc(Cl)cc2Cl)[C@H]2CCS(=O)(=O)C2)cc1. The summed E-state index contributed by atoms with van der Waals surface area (Å²) in [5.41, 5.74) is 2.38. The smallest absolute Gasteiger partial charge is 0.254 e. The maximum atomic E-state index is 13.3. The molecular weight excluding hydrogens is 429 g/mol. The zero-order valence-corrected chi connectivity index (χ0v) is 19.1. The maximum Gasteiger partial charge on any atom is 0.254 e. The summed E-state index contributed by atoms with van der Waals surface area (Å²) in [7, 11) is -3.14. The Bertz CT molecular complexity index is 1010. The second-order valence-corrected chi connectivity index (χ2v) is 11.6. The second-order valence-electron chi connectivity index (χ2n) is 8.55. The van der Waals surface area contributed by atoms with E-state index in [4.69, 9.17) is 23.2 Å². The first kappa shape index (κ1) is 22.1. The molecule has 3 rings (SSSR count). The van der Waals surface area contributed by atoms with E-state index in [1.807, 2.05) is 24.3 Å². The minimum Gasteiger partial charge on any atom is -0.330 e. The van der Waals surface area contributed by atoms with Crippen molar-refractivity contribution < 1.29 is 13.2 Å². The lowest BCUT2D eigenvalue weighted by atomic mass is 9.86. The van der Waals surface area contributed by atoms with E-state index in [9.17, 15) is 13.2 Å². The van der Waals surface area contributed by atoms with E-state index in [-0.39, 0.29) is 35.4 Å².